The monoisotopic (exact) mass is 260 g/mol. The first-order valence-electron chi connectivity index (χ1n) is 6.06. The summed E-state index contributed by atoms with van der Waals surface area (Å²) in [5.74, 6) is -1.40. The van der Waals surface area contributed by atoms with Gasteiger partial charge in [0.15, 0.2) is 0 Å². The molecule has 18 heavy (non-hydrogen) atoms. The molecule has 0 saturated heterocycles. The van der Waals surface area contributed by atoms with Crippen molar-refractivity contribution in [3.05, 3.63) is 0 Å². The molecule has 0 spiro atoms. The second-order valence-corrected chi connectivity index (χ2v) is 5.22. The number of amides is 1. The van der Waals surface area contributed by atoms with E-state index in [1.807, 2.05) is 6.92 Å². The third-order valence-corrected chi connectivity index (χ3v) is 2.50. The van der Waals surface area contributed by atoms with Gasteiger partial charge in [0.05, 0.1) is 12.5 Å². The van der Waals surface area contributed by atoms with Crippen LogP contribution in [0, 0.1) is 5.41 Å². The van der Waals surface area contributed by atoms with Crippen LogP contribution in [0.15, 0.2) is 0 Å². The van der Waals surface area contributed by atoms with Gasteiger partial charge in [-0.1, -0.05) is 20.8 Å². The Morgan fingerprint density at radius 2 is 1.94 bits per heavy atom. The largest absolute Gasteiger partial charge is 0.480 e. The van der Waals surface area contributed by atoms with Gasteiger partial charge < -0.3 is 20.9 Å². The van der Waals surface area contributed by atoms with Crippen LogP contribution in [0.4, 0.5) is 0 Å². The minimum absolute atomic E-state index is 0.0736. The maximum atomic E-state index is 11.7. The summed E-state index contributed by atoms with van der Waals surface area (Å²) in [4.78, 5) is 22.8. The van der Waals surface area contributed by atoms with Crippen LogP contribution in [-0.4, -0.2) is 42.3 Å². The number of carbonyl (C=O) groups is 2. The number of hydrogen-bond acceptors (Lipinski definition) is 4. The van der Waals surface area contributed by atoms with E-state index in [4.69, 9.17) is 15.6 Å². The van der Waals surface area contributed by atoms with E-state index in [0.717, 1.165) is 0 Å². The highest BCUT2D eigenvalue weighted by Gasteiger charge is 2.32. The Morgan fingerprint density at radius 3 is 2.28 bits per heavy atom. The molecule has 0 aliphatic heterocycles. The third kappa shape index (κ3) is 5.97. The van der Waals surface area contributed by atoms with Gasteiger partial charge in [-0.25, -0.2) is 4.79 Å². The minimum atomic E-state index is -1.04. The second-order valence-electron chi connectivity index (χ2n) is 5.22. The summed E-state index contributed by atoms with van der Waals surface area (Å²) < 4.78 is 5.26. The van der Waals surface area contributed by atoms with Crippen LogP contribution in [-0.2, 0) is 14.3 Å². The van der Waals surface area contributed by atoms with E-state index in [-0.39, 0.29) is 25.0 Å². The van der Waals surface area contributed by atoms with Gasteiger partial charge in [-0.05, 0) is 12.3 Å². The molecular weight excluding hydrogens is 236 g/mol. The summed E-state index contributed by atoms with van der Waals surface area (Å²) in [5.41, 5.74) is 4.91. The summed E-state index contributed by atoms with van der Waals surface area (Å²) >= 11 is 0. The number of aliphatic carboxylic acids is 1. The lowest BCUT2D eigenvalue weighted by molar-refractivity contribution is -0.145. The molecule has 0 rings (SSSR count). The Hall–Kier alpha value is -1.14. The first-order chi connectivity index (χ1) is 8.22. The number of nitrogens with one attached hydrogen (secondary N) is 1. The van der Waals surface area contributed by atoms with Crippen molar-refractivity contribution in [3.63, 3.8) is 0 Å². The molecule has 1 unspecified atom stereocenters. The summed E-state index contributed by atoms with van der Waals surface area (Å²) in [7, 11) is 0. The normalized spacial score (nSPS) is 14.9. The average Bonchev–Trinajstić information content (AvgIpc) is 2.23. The molecule has 0 aromatic carbocycles. The number of carboxylic acids is 1. The molecule has 0 aromatic rings. The van der Waals surface area contributed by atoms with Crippen LogP contribution in [0.2, 0.25) is 0 Å². The van der Waals surface area contributed by atoms with Crippen LogP contribution in [0.5, 0.6) is 0 Å². The van der Waals surface area contributed by atoms with Gasteiger partial charge in [0, 0.05) is 13.2 Å². The Labute approximate surface area is 108 Å². The molecule has 6 heteroatoms. The van der Waals surface area contributed by atoms with Gasteiger partial charge >= 0.3 is 5.97 Å². The molecule has 106 valence electrons. The van der Waals surface area contributed by atoms with Crippen molar-refractivity contribution in [2.45, 2.75) is 46.3 Å². The van der Waals surface area contributed by atoms with Crippen LogP contribution in [0.1, 0.15) is 34.1 Å². The molecule has 4 N–H and O–H groups in total. The zero-order valence-corrected chi connectivity index (χ0v) is 11.5. The predicted molar refractivity (Wildman–Crippen MR) is 68.1 cm³/mol. The average molecular weight is 260 g/mol. The minimum Gasteiger partial charge on any atom is -0.480 e. The van der Waals surface area contributed by atoms with Gasteiger partial charge in [-0.2, -0.15) is 0 Å². The molecule has 0 aromatic heterocycles. The Balaban J connectivity index is 4.48. The molecule has 0 radical (unpaired) electrons. The zero-order valence-electron chi connectivity index (χ0n) is 11.5. The van der Waals surface area contributed by atoms with Gasteiger partial charge in [0.2, 0.25) is 5.91 Å². The fraction of sp³-hybridized carbons (Fsp3) is 0.833. The summed E-state index contributed by atoms with van der Waals surface area (Å²) in [6.07, 6.45) is -0.297. The summed E-state index contributed by atoms with van der Waals surface area (Å²) in [6.45, 7) is 7.79. The maximum Gasteiger partial charge on any atom is 0.326 e. The Morgan fingerprint density at radius 1 is 1.39 bits per heavy atom. The maximum absolute atomic E-state index is 11.7. The van der Waals surface area contributed by atoms with E-state index in [2.05, 4.69) is 5.32 Å². The highest BCUT2D eigenvalue weighted by molar-refractivity contribution is 5.84. The highest BCUT2D eigenvalue weighted by Crippen LogP contribution is 2.19. The number of carboxylic acid groups (broad SMARTS) is 1. The SMILES string of the molecule is CCOC(CN)CC(=O)N[C@H](C(=O)O)C(C)(C)C. The topological polar surface area (TPSA) is 102 Å². The first kappa shape index (κ1) is 16.9. The van der Waals surface area contributed by atoms with Gasteiger partial charge in [-0.15, -0.1) is 0 Å². The molecule has 0 aliphatic rings. The van der Waals surface area contributed by atoms with E-state index in [0.29, 0.717) is 6.61 Å². The Kier molecular flexibility index (Phi) is 6.86. The molecule has 0 saturated carbocycles. The number of hydrogen-bond donors (Lipinski definition) is 3. The molecule has 1 amide bonds. The van der Waals surface area contributed by atoms with Crippen molar-refractivity contribution in [3.8, 4) is 0 Å². The van der Waals surface area contributed by atoms with Crippen LogP contribution in [0.3, 0.4) is 0 Å². The van der Waals surface area contributed by atoms with E-state index >= 15 is 0 Å². The van der Waals surface area contributed by atoms with Crippen LogP contribution in [0.25, 0.3) is 0 Å². The predicted octanol–water partition coefficient (Wildman–Crippen LogP) is 0.356. The van der Waals surface area contributed by atoms with E-state index in [1.54, 1.807) is 20.8 Å². The van der Waals surface area contributed by atoms with Crippen molar-refractivity contribution < 1.29 is 19.4 Å². The lowest BCUT2D eigenvalue weighted by Gasteiger charge is -2.28. The Bertz CT molecular complexity index is 286. The van der Waals surface area contributed by atoms with Crippen molar-refractivity contribution in [2.75, 3.05) is 13.2 Å². The fourth-order valence-electron chi connectivity index (χ4n) is 1.52. The van der Waals surface area contributed by atoms with Crippen molar-refractivity contribution >= 4 is 11.9 Å². The zero-order chi connectivity index (χ0) is 14.3. The van der Waals surface area contributed by atoms with Crippen molar-refractivity contribution in [2.24, 2.45) is 11.1 Å². The highest BCUT2D eigenvalue weighted by atomic mass is 16.5. The third-order valence-electron chi connectivity index (χ3n) is 2.50. The quantitative estimate of drug-likeness (QED) is 0.613. The standard InChI is InChI=1S/C12H24N2O4/c1-5-18-8(7-13)6-9(15)14-10(11(16)17)12(2,3)4/h8,10H,5-7,13H2,1-4H3,(H,14,15)(H,16,17)/t8?,10-/m1/s1. The molecule has 0 heterocycles. The number of carbonyl (C=O) groups excluding carboxylic acids is 1. The van der Waals surface area contributed by atoms with Crippen LogP contribution >= 0.6 is 0 Å². The van der Waals surface area contributed by atoms with Crippen molar-refractivity contribution in [1.82, 2.24) is 5.32 Å². The number of ether oxygens (including phenoxy) is 1. The van der Waals surface area contributed by atoms with E-state index in [9.17, 15) is 9.59 Å². The summed E-state index contributed by atoms with van der Waals surface area (Å²) in [6, 6.07) is -0.926. The van der Waals surface area contributed by atoms with E-state index in [1.165, 1.54) is 0 Å². The van der Waals surface area contributed by atoms with Crippen molar-refractivity contribution in [1.29, 1.82) is 0 Å². The van der Waals surface area contributed by atoms with Gasteiger partial charge in [0.1, 0.15) is 6.04 Å². The van der Waals surface area contributed by atoms with Gasteiger partial charge in [0.25, 0.3) is 0 Å². The number of rotatable bonds is 7. The van der Waals surface area contributed by atoms with Gasteiger partial charge in [-0.3, -0.25) is 4.79 Å². The fourth-order valence-corrected chi connectivity index (χ4v) is 1.52. The molecule has 0 fully saturated rings. The lowest BCUT2D eigenvalue weighted by atomic mass is 9.86. The molecular formula is C12H24N2O4. The molecule has 0 bridgehead atoms. The second kappa shape index (κ2) is 7.33. The first-order valence-corrected chi connectivity index (χ1v) is 6.06. The van der Waals surface area contributed by atoms with Crippen LogP contribution < -0.4 is 11.1 Å². The summed E-state index contributed by atoms with van der Waals surface area (Å²) in [5, 5.41) is 11.6. The van der Waals surface area contributed by atoms with E-state index < -0.39 is 17.4 Å². The molecule has 0 aliphatic carbocycles. The smallest absolute Gasteiger partial charge is 0.326 e. The lowest BCUT2D eigenvalue weighted by Crippen LogP contribution is -2.50. The number of nitrogens with two attached hydrogens (primary N) is 1. The molecule has 2 atom stereocenters. The molecule has 6 nitrogen and oxygen atoms in total.